The van der Waals surface area contributed by atoms with Crippen molar-refractivity contribution in [3.8, 4) is 11.4 Å². The second-order valence-corrected chi connectivity index (χ2v) is 4.95. The van der Waals surface area contributed by atoms with Gasteiger partial charge >= 0.3 is 6.18 Å². The number of halogens is 4. The Bertz CT molecular complexity index is 536. The molecule has 96 valence electrons. The first-order valence-electron chi connectivity index (χ1n) is 5.16. The van der Waals surface area contributed by atoms with Gasteiger partial charge in [0.1, 0.15) is 6.33 Å². The molecule has 0 bridgehead atoms. The van der Waals surface area contributed by atoms with E-state index in [1.165, 1.54) is 11.0 Å². The van der Waals surface area contributed by atoms with E-state index in [0.29, 0.717) is 5.82 Å². The maximum absolute atomic E-state index is 12.1. The topological polar surface area (TPSA) is 30.7 Å². The SMILES string of the molecule is FC(F)(F)CCn1cnc(-c2cccc(I)c2)n1. The minimum Gasteiger partial charge on any atom is -0.252 e. The van der Waals surface area contributed by atoms with Crippen molar-refractivity contribution < 1.29 is 13.2 Å². The number of hydrogen-bond acceptors (Lipinski definition) is 2. The molecule has 18 heavy (non-hydrogen) atoms. The van der Waals surface area contributed by atoms with Crippen LogP contribution in [0, 0.1) is 3.57 Å². The van der Waals surface area contributed by atoms with E-state index in [9.17, 15) is 13.2 Å². The molecule has 0 saturated carbocycles. The molecule has 0 N–H and O–H groups in total. The summed E-state index contributed by atoms with van der Waals surface area (Å²) in [6.07, 6.45) is -3.75. The van der Waals surface area contributed by atoms with Crippen molar-refractivity contribution in [3.05, 3.63) is 34.2 Å². The molecule has 0 amide bonds. The summed E-state index contributed by atoms with van der Waals surface area (Å²) in [6, 6.07) is 7.48. The molecule has 2 aromatic rings. The largest absolute Gasteiger partial charge is 0.390 e. The van der Waals surface area contributed by atoms with Gasteiger partial charge in [0.05, 0.1) is 13.0 Å². The second-order valence-electron chi connectivity index (χ2n) is 3.71. The van der Waals surface area contributed by atoms with Crippen molar-refractivity contribution in [2.24, 2.45) is 0 Å². The van der Waals surface area contributed by atoms with E-state index < -0.39 is 12.6 Å². The lowest BCUT2D eigenvalue weighted by Gasteiger charge is -2.04. The summed E-state index contributed by atoms with van der Waals surface area (Å²) in [4.78, 5) is 4.01. The predicted octanol–water partition coefficient (Wildman–Crippen LogP) is 3.50. The Morgan fingerprint density at radius 3 is 2.72 bits per heavy atom. The molecular weight excluding hydrogens is 358 g/mol. The number of alkyl halides is 3. The Kier molecular flexibility index (Phi) is 3.88. The second kappa shape index (κ2) is 5.25. The van der Waals surface area contributed by atoms with Gasteiger partial charge in [0.25, 0.3) is 0 Å². The summed E-state index contributed by atoms with van der Waals surface area (Å²) >= 11 is 2.16. The molecule has 0 atom stereocenters. The summed E-state index contributed by atoms with van der Waals surface area (Å²) in [6.45, 7) is -0.208. The quantitative estimate of drug-likeness (QED) is 0.778. The Morgan fingerprint density at radius 2 is 2.06 bits per heavy atom. The minimum absolute atomic E-state index is 0.208. The van der Waals surface area contributed by atoms with Gasteiger partial charge in [-0.3, -0.25) is 4.68 Å². The lowest BCUT2D eigenvalue weighted by molar-refractivity contribution is -0.137. The molecule has 1 aromatic carbocycles. The van der Waals surface area contributed by atoms with E-state index in [1.54, 1.807) is 0 Å². The standard InChI is InChI=1S/C11H9F3IN3/c12-11(13,14)4-5-18-7-16-10(17-18)8-2-1-3-9(15)6-8/h1-3,6-7H,4-5H2. The van der Waals surface area contributed by atoms with Crippen LogP contribution in [0.15, 0.2) is 30.6 Å². The smallest absolute Gasteiger partial charge is 0.252 e. The number of aryl methyl sites for hydroxylation is 1. The van der Waals surface area contributed by atoms with Crippen LogP contribution in [0.25, 0.3) is 11.4 Å². The molecule has 2 rings (SSSR count). The van der Waals surface area contributed by atoms with Crippen molar-refractivity contribution >= 4 is 22.6 Å². The van der Waals surface area contributed by atoms with Crippen molar-refractivity contribution in [2.75, 3.05) is 0 Å². The molecule has 0 spiro atoms. The van der Waals surface area contributed by atoms with Crippen LogP contribution in [-0.4, -0.2) is 20.9 Å². The van der Waals surface area contributed by atoms with E-state index >= 15 is 0 Å². The molecule has 1 aromatic heterocycles. The molecule has 0 aliphatic heterocycles. The van der Waals surface area contributed by atoms with E-state index in [4.69, 9.17) is 0 Å². The highest BCUT2D eigenvalue weighted by atomic mass is 127. The van der Waals surface area contributed by atoms with Gasteiger partial charge in [-0.2, -0.15) is 18.3 Å². The minimum atomic E-state index is -4.17. The van der Waals surface area contributed by atoms with Crippen LogP contribution in [0.2, 0.25) is 0 Å². The maximum atomic E-state index is 12.1. The molecule has 3 nitrogen and oxygen atoms in total. The zero-order valence-corrected chi connectivity index (χ0v) is 11.3. The summed E-state index contributed by atoms with van der Waals surface area (Å²) in [7, 11) is 0. The summed E-state index contributed by atoms with van der Waals surface area (Å²) in [5.74, 6) is 0.440. The van der Waals surface area contributed by atoms with Crippen LogP contribution in [-0.2, 0) is 6.54 Å². The fourth-order valence-corrected chi connectivity index (χ4v) is 1.95. The van der Waals surface area contributed by atoms with Crippen LogP contribution >= 0.6 is 22.6 Å². The highest BCUT2D eigenvalue weighted by Gasteiger charge is 2.26. The fraction of sp³-hybridized carbons (Fsp3) is 0.273. The number of nitrogens with zero attached hydrogens (tertiary/aromatic N) is 3. The average molecular weight is 367 g/mol. The third kappa shape index (κ3) is 3.69. The summed E-state index contributed by atoms with van der Waals surface area (Å²) in [5, 5.41) is 4.03. The monoisotopic (exact) mass is 367 g/mol. The Morgan fingerprint density at radius 1 is 1.28 bits per heavy atom. The Labute approximate surface area is 115 Å². The molecule has 0 unspecified atom stereocenters. The zero-order valence-electron chi connectivity index (χ0n) is 9.15. The first-order chi connectivity index (χ1) is 8.44. The van der Waals surface area contributed by atoms with Gasteiger partial charge in [-0.1, -0.05) is 12.1 Å². The molecule has 0 saturated heterocycles. The van der Waals surface area contributed by atoms with Crippen molar-refractivity contribution in [1.82, 2.24) is 14.8 Å². The van der Waals surface area contributed by atoms with Gasteiger partial charge in [-0.15, -0.1) is 0 Å². The number of hydrogen-bond donors (Lipinski definition) is 0. The van der Waals surface area contributed by atoms with Crippen LogP contribution in [0.5, 0.6) is 0 Å². The Balaban J connectivity index is 2.11. The van der Waals surface area contributed by atoms with Gasteiger partial charge < -0.3 is 0 Å². The van der Waals surface area contributed by atoms with Crippen LogP contribution in [0.3, 0.4) is 0 Å². The molecular formula is C11H9F3IN3. The van der Waals surface area contributed by atoms with Crippen LogP contribution in [0.4, 0.5) is 13.2 Å². The first-order valence-corrected chi connectivity index (χ1v) is 6.24. The number of rotatable bonds is 3. The van der Waals surface area contributed by atoms with Gasteiger partial charge in [-0.05, 0) is 34.7 Å². The number of aromatic nitrogens is 3. The van der Waals surface area contributed by atoms with Crippen molar-refractivity contribution in [1.29, 1.82) is 0 Å². The van der Waals surface area contributed by atoms with Crippen LogP contribution < -0.4 is 0 Å². The van der Waals surface area contributed by atoms with E-state index in [1.807, 2.05) is 24.3 Å². The fourth-order valence-electron chi connectivity index (χ4n) is 1.40. The average Bonchev–Trinajstić information content (AvgIpc) is 2.74. The van der Waals surface area contributed by atoms with Crippen LogP contribution in [0.1, 0.15) is 6.42 Å². The molecule has 1 heterocycles. The maximum Gasteiger partial charge on any atom is 0.390 e. The Hall–Kier alpha value is -1.12. The molecule has 7 heteroatoms. The lowest BCUT2D eigenvalue weighted by atomic mass is 10.2. The molecule has 0 aliphatic rings. The van der Waals surface area contributed by atoms with Gasteiger partial charge in [0.15, 0.2) is 5.82 Å². The van der Waals surface area contributed by atoms with Gasteiger partial charge in [-0.25, -0.2) is 4.98 Å². The van der Waals surface area contributed by atoms with E-state index in [-0.39, 0.29) is 6.54 Å². The highest BCUT2D eigenvalue weighted by molar-refractivity contribution is 14.1. The van der Waals surface area contributed by atoms with Gasteiger partial charge in [0.2, 0.25) is 0 Å². The molecule has 0 fully saturated rings. The lowest BCUT2D eigenvalue weighted by Crippen LogP contribution is -2.12. The van der Waals surface area contributed by atoms with E-state index in [2.05, 4.69) is 32.7 Å². The third-order valence-electron chi connectivity index (χ3n) is 2.24. The number of benzene rings is 1. The normalized spacial score (nSPS) is 11.8. The molecule has 0 aliphatic carbocycles. The molecule has 0 radical (unpaired) electrons. The highest BCUT2D eigenvalue weighted by Crippen LogP contribution is 2.21. The van der Waals surface area contributed by atoms with E-state index in [0.717, 1.165) is 9.13 Å². The first kappa shape index (κ1) is 13.3. The van der Waals surface area contributed by atoms with Crippen molar-refractivity contribution in [2.45, 2.75) is 19.1 Å². The summed E-state index contributed by atoms with van der Waals surface area (Å²) in [5.41, 5.74) is 0.799. The predicted molar refractivity (Wildman–Crippen MR) is 68.8 cm³/mol. The third-order valence-corrected chi connectivity index (χ3v) is 2.91. The zero-order chi connectivity index (χ0) is 13.2. The summed E-state index contributed by atoms with van der Waals surface area (Å²) < 4.78 is 38.4. The van der Waals surface area contributed by atoms with Gasteiger partial charge in [0, 0.05) is 9.13 Å². The van der Waals surface area contributed by atoms with Crippen molar-refractivity contribution in [3.63, 3.8) is 0 Å².